The van der Waals surface area contributed by atoms with Crippen LogP contribution in [0.4, 0.5) is 4.79 Å². The van der Waals surface area contributed by atoms with E-state index in [4.69, 9.17) is 4.74 Å². The van der Waals surface area contributed by atoms with Crippen molar-refractivity contribution in [3.63, 3.8) is 0 Å². The van der Waals surface area contributed by atoms with E-state index in [1.165, 1.54) is 11.8 Å². The molecule has 0 unspecified atom stereocenters. The van der Waals surface area contributed by atoms with Crippen LogP contribution in [0.15, 0.2) is 0 Å². The van der Waals surface area contributed by atoms with Gasteiger partial charge >= 0.3 is 6.09 Å². The molecule has 1 aliphatic rings. The van der Waals surface area contributed by atoms with E-state index in [0.717, 1.165) is 0 Å². The average Bonchev–Trinajstić information content (AvgIpc) is 2.47. The molecule has 0 bridgehead atoms. The highest BCUT2D eigenvalue weighted by Gasteiger charge is 2.35. The van der Waals surface area contributed by atoms with Gasteiger partial charge in [-0.3, -0.25) is 9.69 Å². The highest BCUT2D eigenvalue weighted by molar-refractivity contribution is 7.99. The summed E-state index contributed by atoms with van der Waals surface area (Å²) in [6.45, 7) is 6.96. The minimum Gasteiger partial charge on any atom is -0.444 e. The van der Waals surface area contributed by atoms with Gasteiger partial charge in [0.2, 0.25) is 0 Å². The van der Waals surface area contributed by atoms with Crippen LogP contribution in [0.5, 0.6) is 0 Å². The van der Waals surface area contributed by atoms with Gasteiger partial charge < -0.3 is 4.74 Å². The van der Waals surface area contributed by atoms with E-state index in [0.29, 0.717) is 11.6 Å². The number of carbonyl (C=O) groups is 2. The predicted octanol–water partition coefficient (Wildman–Crippen LogP) is 1.89. The zero-order chi connectivity index (χ0) is 11.6. The van der Waals surface area contributed by atoms with Crippen molar-refractivity contribution in [3.8, 4) is 0 Å². The van der Waals surface area contributed by atoms with Crippen molar-refractivity contribution >= 4 is 23.6 Å². The van der Waals surface area contributed by atoms with Crippen LogP contribution in [0.25, 0.3) is 0 Å². The zero-order valence-electron chi connectivity index (χ0n) is 9.57. The lowest BCUT2D eigenvalue weighted by Crippen LogP contribution is -2.43. The van der Waals surface area contributed by atoms with Crippen molar-refractivity contribution in [1.29, 1.82) is 0 Å². The van der Waals surface area contributed by atoms with Crippen molar-refractivity contribution in [2.24, 2.45) is 0 Å². The molecule has 1 atom stereocenters. The summed E-state index contributed by atoms with van der Waals surface area (Å²) < 4.78 is 5.22. The lowest BCUT2D eigenvalue weighted by Gasteiger charge is -2.26. The summed E-state index contributed by atoms with van der Waals surface area (Å²) >= 11 is 1.58. The van der Waals surface area contributed by atoms with Crippen LogP contribution >= 0.6 is 11.8 Å². The molecule has 0 radical (unpaired) electrons. The lowest BCUT2D eigenvalue weighted by molar-refractivity contribution is -0.120. The van der Waals surface area contributed by atoms with Crippen molar-refractivity contribution in [2.45, 2.75) is 39.3 Å². The van der Waals surface area contributed by atoms with E-state index >= 15 is 0 Å². The maximum Gasteiger partial charge on any atom is 0.411 e. The molecule has 0 aliphatic carbocycles. The number of rotatable bonds is 1. The lowest BCUT2D eigenvalue weighted by atomic mass is 10.2. The standard InChI is InChI=1S/C10H17NO3S/c1-7(12)8-5-15-6-11(8)9(13)14-10(2,3)4/h8H,5-6H2,1-4H3/t8-/m0/s1. The van der Waals surface area contributed by atoms with Crippen LogP contribution in [0.2, 0.25) is 0 Å². The van der Waals surface area contributed by atoms with Crippen molar-refractivity contribution in [1.82, 2.24) is 4.90 Å². The summed E-state index contributed by atoms with van der Waals surface area (Å²) in [7, 11) is 0. The SMILES string of the molecule is CC(=O)[C@@H]1CSCN1C(=O)OC(C)(C)C. The summed E-state index contributed by atoms with van der Waals surface area (Å²) in [4.78, 5) is 24.5. The van der Waals surface area contributed by atoms with Crippen LogP contribution in [0, 0.1) is 0 Å². The highest BCUT2D eigenvalue weighted by Crippen LogP contribution is 2.23. The number of hydrogen-bond acceptors (Lipinski definition) is 4. The van der Waals surface area contributed by atoms with Gasteiger partial charge in [0, 0.05) is 5.75 Å². The predicted molar refractivity (Wildman–Crippen MR) is 59.9 cm³/mol. The first-order valence-electron chi connectivity index (χ1n) is 4.89. The normalized spacial score (nSPS) is 21.6. The third-order valence-electron chi connectivity index (χ3n) is 1.98. The summed E-state index contributed by atoms with van der Waals surface area (Å²) in [5.74, 6) is 1.24. The maximum absolute atomic E-state index is 11.7. The van der Waals surface area contributed by atoms with Crippen LogP contribution in [-0.4, -0.2) is 40.0 Å². The van der Waals surface area contributed by atoms with E-state index in [2.05, 4.69) is 0 Å². The summed E-state index contributed by atoms with van der Waals surface area (Å²) in [6.07, 6.45) is -0.396. The fraction of sp³-hybridized carbons (Fsp3) is 0.800. The van der Waals surface area contributed by atoms with Gasteiger partial charge in [-0.1, -0.05) is 0 Å². The molecule has 1 fully saturated rings. The monoisotopic (exact) mass is 231 g/mol. The Bertz CT molecular complexity index is 272. The molecule has 1 heterocycles. The number of thioether (sulfide) groups is 1. The first-order valence-corrected chi connectivity index (χ1v) is 6.04. The number of carbonyl (C=O) groups excluding carboxylic acids is 2. The molecule has 1 amide bonds. The largest absolute Gasteiger partial charge is 0.444 e. The Hall–Kier alpha value is -0.710. The van der Waals surface area contributed by atoms with Crippen LogP contribution in [0.3, 0.4) is 0 Å². The Balaban J connectivity index is 2.63. The summed E-state index contributed by atoms with van der Waals surface area (Å²) in [5.41, 5.74) is -0.508. The molecule has 5 heteroatoms. The second kappa shape index (κ2) is 4.43. The van der Waals surface area contributed by atoms with E-state index in [-0.39, 0.29) is 11.8 Å². The van der Waals surface area contributed by atoms with Gasteiger partial charge in [0.05, 0.1) is 5.88 Å². The van der Waals surface area contributed by atoms with Crippen molar-refractivity contribution in [3.05, 3.63) is 0 Å². The Morgan fingerprint density at radius 3 is 2.47 bits per heavy atom. The Morgan fingerprint density at radius 1 is 1.40 bits per heavy atom. The van der Waals surface area contributed by atoms with Gasteiger partial charge in [-0.05, 0) is 27.7 Å². The number of ether oxygens (including phenoxy) is 1. The van der Waals surface area contributed by atoms with E-state index in [9.17, 15) is 9.59 Å². The van der Waals surface area contributed by atoms with Gasteiger partial charge in [-0.25, -0.2) is 4.79 Å². The molecule has 1 aliphatic heterocycles. The fourth-order valence-corrected chi connectivity index (χ4v) is 2.51. The first kappa shape index (κ1) is 12.4. The minimum absolute atomic E-state index is 0.0193. The van der Waals surface area contributed by atoms with Crippen molar-refractivity contribution in [2.75, 3.05) is 11.6 Å². The second-order valence-corrected chi connectivity index (χ2v) is 5.58. The summed E-state index contributed by atoms with van der Waals surface area (Å²) in [6, 6.07) is -0.315. The molecule has 0 N–H and O–H groups in total. The number of amides is 1. The Kier molecular flexibility index (Phi) is 3.65. The molecule has 0 aromatic rings. The first-order chi connectivity index (χ1) is 6.81. The number of nitrogens with zero attached hydrogens (tertiary/aromatic N) is 1. The molecule has 4 nitrogen and oxygen atoms in total. The molecule has 0 spiro atoms. The highest BCUT2D eigenvalue weighted by atomic mass is 32.2. The van der Waals surface area contributed by atoms with Crippen LogP contribution < -0.4 is 0 Å². The molecule has 1 saturated heterocycles. The number of ketones is 1. The second-order valence-electron chi connectivity index (χ2n) is 4.58. The van der Waals surface area contributed by atoms with Gasteiger partial charge in [0.15, 0.2) is 5.78 Å². The molecular weight excluding hydrogens is 214 g/mol. The molecule has 0 aromatic carbocycles. The molecular formula is C10H17NO3S. The third kappa shape index (κ3) is 3.41. The van der Waals surface area contributed by atoms with Gasteiger partial charge in [-0.15, -0.1) is 11.8 Å². The topological polar surface area (TPSA) is 46.6 Å². The average molecular weight is 231 g/mol. The Morgan fingerprint density at radius 2 is 2.00 bits per heavy atom. The van der Waals surface area contributed by atoms with Crippen molar-refractivity contribution < 1.29 is 14.3 Å². The molecule has 0 aromatic heterocycles. The fourth-order valence-electron chi connectivity index (χ4n) is 1.28. The van der Waals surface area contributed by atoms with Crippen LogP contribution in [-0.2, 0) is 9.53 Å². The number of Topliss-reactive ketones (excluding diaryl/α,β-unsaturated/α-hetero) is 1. The molecule has 86 valence electrons. The van der Waals surface area contributed by atoms with Gasteiger partial charge in [0.1, 0.15) is 11.6 Å². The summed E-state index contributed by atoms with van der Waals surface area (Å²) in [5, 5.41) is 0. The van der Waals surface area contributed by atoms with Gasteiger partial charge in [0.25, 0.3) is 0 Å². The number of hydrogen-bond donors (Lipinski definition) is 0. The molecule has 0 saturated carbocycles. The quantitative estimate of drug-likeness (QED) is 0.691. The van der Waals surface area contributed by atoms with Gasteiger partial charge in [-0.2, -0.15) is 0 Å². The van der Waals surface area contributed by atoms with E-state index in [1.807, 2.05) is 20.8 Å². The zero-order valence-corrected chi connectivity index (χ0v) is 10.4. The smallest absolute Gasteiger partial charge is 0.411 e. The maximum atomic E-state index is 11.7. The third-order valence-corrected chi connectivity index (χ3v) is 2.99. The molecule has 15 heavy (non-hydrogen) atoms. The molecule has 1 rings (SSSR count). The Labute approximate surface area is 94.3 Å². The van der Waals surface area contributed by atoms with Crippen LogP contribution in [0.1, 0.15) is 27.7 Å². The van der Waals surface area contributed by atoms with E-state index < -0.39 is 11.7 Å². The van der Waals surface area contributed by atoms with E-state index in [1.54, 1.807) is 11.8 Å². The minimum atomic E-state index is -0.508.